The number of rotatable bonds is 10. The number of carbonyl (C=O) groups excluding carboxylic acids is 3. The molecule has 35 heavy (non-hydrogen) atoms. The molecule has 1 aliphatic rings. The second-order valence-corrected chi connectivity index (χ2v) is 9.27. The van der Waals surface area contributed by atoms with Crippen LogP contribution in [0.5, 0.6) is 0 Å². The molecule has 2 aromatic rings. The van der Waals surface area contributed by atoms with Crippen LogP contribution >= 0.6 is 11.8 Å². The Morgan fingerprint density at radius 2 is 1.74 bits per heavy atom. The summed E-state index contributed by atoms with van der Waals surface area (Å²) in [7, 11) is 0. The van der Waals surface area contributed by atoms with Crippen LogP contribution in [0.15, 0.2) is 59.5 Å². The van der Waals surface area contributed by atoms with Crippen LogP contribution in [0.4, 0.5) is 5.69 Å². The summed E-state index contributed by atoms with van der Waals surface area (Å²) in [6.07, 6.45) is -0.511. The molecule has 2 unspecified atom stereocenters. The largest absolute Gasteiger partial charge is 0.481 e. The molecule has 2 aromatic carbocycles. The van der Waals surface area contributed by atoms with Gasteiger partial charge in [0.15, 0.2) is 4.87 Å². The summed E-state index contributed by atoms with van der Waals surface area (Å²) in [5, 5.41) is 9.22. The van der Waals surface area contributed by atoms with Gasteiger partial charge >= 0.3 is 17.9 Å². The highest BCUT2D eigenvalue weighted by atomic mass is 32.2. The number of amides is 1. The zero-order valence-electron chi connectivity index (χ0n) is 19.3. The molecule has 0 aromatic heterocycles. The molecule has 0 saturated heterocycles. The average Bonchev–Trinajstić information content (AvgIpc) is 2.92. The third-order valence-electron chi connectivity index (χ3n) is 5.54. The predicted molar refractivity (Wildman–Crippen MR) is 129 cm³/mol. The molecule has 0 spiro atoms. The summed E-state index contributed by atoms with van der Waals surface area (Å²) in [4.78, 5) is 50.5. The number of hydrogen-bond donors (Lipinski definition) is 2. The number of hydrogen-bond acceptors (Lipinski definition) is 8. The number of para-hydroxylation sites is 1. The Bertz CT molecular complexity index is 1080. The maximum Gasteiger partial charge on any atom is 0.338 e. The number of carbonyl (C=O) groups is 4. The van der Waals surface area contributed by atoms with E-state index < -0.39 is 34.6 Å². The van der Waals surface area contributed by atoms with Crippen LogP contribution in [0.2, 0.25) is 0 Å². The van der Waals surface area contributed by atoms with Crippen molar-refractivity contribution in [2.24, 2.45) is 11.7 Å². The van der Waals surface area contributed by atoms with Crippen LogP contribution in [0, 0.1) is 5.92 Å². The van der Waals surface area contributed by atoms with E-state index in [0.717, 1.165) is 17.3 Å². The molecule has 3 rings (SSSR count). The Morgan fingerprint density at radius 1 is 1.06 bits per heavy atom. The predicted octanol–water partition coefficient (Wildman–Crippen LogP) is 2.96. The summed E-state index contributed by atoms with van der Waals surface area (Å²) in [5.74, 6) is -4.11. The van der Waals surface area contributed by atoms with Gasteiger partial charge in [0.2, 0.25) is 5.91 Å². The van der Waals surface area contributed by atoms with Crippen LogP contribution in [0.25, 0.3) is 0 Å². The first-order chi connectivity index (χ1) is 16.8. The fraction of sp³-hybridized carbons (Fsp3) is 0.360. The Labute approximate surface area is 207 Å². The molecule has 1 heterocycles. The SMILES string of the molecule is CCOC(=O)CCC1C(=O)N(CCC(=O)O)c2ccccc2SC1(N)C(=O)OCc1ccccc1. The molecule has 10 heteroatoms. The van der Waals surface area contributed by atoms with E-state index in [4.69, 9.17) is 15.2 Å². The van der Waals surface area contributed by atoms with Gasteiger partial charge in [0.25, 0.3) is 0 Å². The monoisotopic (exact) mass is 500 g/mol. The van der Waals surface area contributed by atoms with Crippen molar-refractivity contribution in [2.75, 3.05) is 18.1 Å². The zero-order valence-corrected chi connectivity index (χ0v) is 20.2. The topological polar surface area (TPSA) is 136 Å². The molecule has 0 bridgehead atoms. The number of thioether (sulfide) groups is 1. The van der Waals surface area contributed by atoms with Crippen molar-refractivity contribution in [3.8, 4) is 0 Å². The van der Waals surface area contributed by atoms with Gasteiger partial charge in [-0.3, -0.25) is 14.4 Å². The summed E-state index contributed by atoms with van der Waals surface area (Å²) in [6, 6.07) is 15.9. The van der Waals surface area contributed by atoms with Crippen LogP contribution in [-0.2, 0) is 35.3 Å². The molecule has 2 atom stereocenters. The summed E-state index contributed by atoms with van der Waals surface area (Å²) in [6.45, 7) is 1.69. The molecule has 1 aliphatic heterocycles. The molecule has 9 nitrogen and oxygen atoms in total. The van der Waals surface area contributed by atoms with E-state index in [0.29, 0.717) is 10.6 Å². The number of carboxylic acids is 1. The van der Waals surface area contributed by atoms with Gasteiger partial charge in [-0.15, -0.1) is 0 Å². The number of aliphatic carboxylic acids is 1. The van der Waals surface area contributed by atoms with Crippen molar-refractivity contribution >= 4 is 41.3 Å². The number of esters is 2. The third-order valence-corrected chi connectivity index (χ3v) is 6.89. The van der Waals surface area contributed by atoms with Gasteiger partial charge in [0.1, 0.15) is 6.61 Å². The number of anilines is 1. The Kier molecular flexibility index (Phi) is 8.89. The Hall–Kier alpha value is -3.37. The van der Waals surface area contributed by atoms with Crippen molar-refractivity contribution in [3.05, 3.63) is 60.2 Å². The molecular weight excluding hydrogens is 472 g/mol. The third kappa shape index (κ3) is 6.40. The van der Waals surface area contributed by atoms with Gasteiger partial charge in [-0.1, -0.05) is 54.2 Å². The van der Waals surface area contributed by atoms with Crippen LogP contribution in [-0.4, -0.2) is 46.9 Å². The number of nitrogens with two attached hydrogens (primary N) is 1. The lowest BCUT2D eigenvalue weighted by atomic mass is 9.92. The molecule has 0 radical (unpaired) electrons. The quantitative estimate of drug-likeness (QED) is 0.472. The number of carboxylic acid groups (broad SMARTS) is 1. The normalized spacial score (nSPS) is 19.4. The number of nitrogens with zero attached hydrogens (tertiary/aromatic N) is 1. The van der Waals surface area contributed by atoms with E-state index in [1.54, 1.807) is 43.3 Å². The van der Waals surface area contributed by atoms with Gasteiger partial charge in [0, 0.05) is 17.9 Å². The lowest BCUT2D eigenvalue weighted by Gasteiger charge is -2.33. The molecular formula is C25H28N2O7S. The number of fused-ring (bicyclic) bond motifs is 1. The first-order valence-corrected chi connectivity index (χ1v) is 12.0. The molecule has 0 fully saturated rings. The van der Waals surface area contributed by atoms with Crippen molar-refractivity contribution in [3.63, 3.8) is 0 Å². The van der Waals surface area contributed by atoms with Gasteiger partial charge in [-0.2, -0.15) is 0 Å². The summed E-state index contributed by atoms with van der Waals surface area (Å²) < 4.78 is 10.5. The van der Waals surface area contributed by atoms with E-state index in [9.17, 15) is 24.3 Å². The maximum absolute atomic E-state index is 13.8. The van der Waals surface area contributed by atoms with Gasteiger partial charge in [-0.25, -0.2) is 4.79 Å². The highest BCUT2D eigenvalue weighted by molar-refractivity contribution is 8.01. The van der Waals surface area contributed by atoms with Gasteiger partial charge < -0.3 is 25.2 Å². The minimum absolute atomic E-state index is 0.0393. The first kappa shape index (κ1) is 26.2. The summed E-state index contributed by atoms with van der Waals surface area (Å²) >= 11 is 0.979. The minimum Gasteiger partial charge on any atom is -0.481 e. The molecule has 1 amide bonds. The van der Waals surface area contributed by atoms with Crippen molar-refractivity contribution in [1.82, 2.24) is 0 Å². The first-order valence-electron chi connectivity index (χ1n) is 11.2. The Balaban J connectivity index is 1.97. The number of benzene rings is 2. The lowest BCUT2D eigenvalue weighted by molar-refractivity contribution is -0.152. The smallest absolute Gasteiger partial charge is 0.338 e. The molecule has 0 saturated carbocycles. The summed E-state index contributed by atoms with van der Waals surface area (Å²) in [5.41, 5.74) is 7.87. The van der Waals surface area contributed by atoms with Crippen LogP contribution in [0.3, 0.4) is 0 Å². The molecule has 3 N–H and O–H groups in total. The van der Waals surface area contributed by atoms with Crippen molar-refractivity contribution in [2.45, 2.75) is 42.6 Å². The zero-order chi connectivity index (χ0) is 25.4. The number of ether oxygens (including phenoxy) is 2. The fourth-order valence-corrected chi connectivity index (χ4v) is 5.10. The molecule has 186 valence electrons. The standard InChI is InChI=1S/C25H28N2O7S/c1-2-33-22(30)13-12-18-23(31)27(15-14-21(28)29)19-10-6-7-11-20(19)35-25(18,26)24(32)34-16-17-8-4-3-5-9-17/h3-11,18H,2,12-16,26H2,1H3,(H,28,29). The maximum atomic E-state index is 13.8. The highest BCUT2D eigenvalue weighted by Gasteiger charge is 2.52. The van der Waals surface area contributed by atoms with Gasteiger partial charge in [-0.05, 0) is 31.0 Å². The van der Waals surface area contributed by atoms with E-state index >= 15 is 0 Å². The van der Waals surface area contributed by atoms with Crippen molar-refractivity contribution < 1.29 is 33.8 Å². The molecule has 0 aliphatic carbocycles. The fourth-order valence-electron chi connectivity index (χ4n) is 3.80. The second-order valence-electron chi connectivity index (χ2n) is 7.95. The van der Waals surface area contributed by atoms with E-state index in [-0.39, 0.29) is 39.0 Å². The van der Waals surface area contributed by atoms with Gasteiger partial charge in [0.05, 0.1) is 24.6 Å². The second kappa shape index (κ2) is 11.9. The minimum atomic E-state index is -1.85. The van der Waals surface area contributed by atoms with E-state index in [1.165, 1.54) is 4.90 Å². The van der Waals surface area contributed by atoms with Crippen LogP contribution in [0.1, 0.15) is 31.7 Å². The Morgan fingerprint density at radius 3 is 2.43 bits per heavy atom. The van der Waals surface area contributed by atoms with E-state index in [2.05, 4.69) is 0 Å². The average molecular weight is 501 g/mol. The highest BCUT2D eigenvalue weighted by Crippen LogP contribution is 2.46. The van der Waals surface area contributed by atoms with Crippen LogP contribution < -0.4 is 10.6 Å². The van der Waals surface area contributed by atoms with Crippen molar-refractivity contribution in [1.29, 1.82) is 0 Å². The lowest BCUT2D eigenvalue weighted by Crippen LogP contribution is -2.56. The van der Waals surface area contributed by atoms with E-state index in [1.807, 2.05) is 18.2 Å².